The Morgan fingerprint density at radius 3 is 2.90 bits per heavy atom. The predicted octanol–water partition coefficient (Wildman–Crippen LogP) is -0.151. The van der Waals surface area contributed by atoms with E-state index in [-0.39, 0.29) is 5.91 Å². The molecule has 0 N–H and O–H groups in total. The van der Waals surface area contributed by atoms with Gasteiger partial charge in [0.25, 0.3) is 0 Å². The van der Waals surface area contributed by atoms with Gasteiger partial charge < -0.3 is 9.64 Å². The largest absolute Gasteiger partial charge is 0.378 e. The molecule has 0 spiro atoms. The molecule has 0 saturated carbocycles. The first-order valence-corrected chi connectivity index (χ1v) is 7.71. The SMILES string of the molecule is O=C(CN1CCC[C@H](Cn2cncn2)C1)N1CCOCC1. The van der Waals surface area contributed by atoms with Crippen LogP contribution in [0.3, 0.4) is 0 Å². The van der Waals surface area contributed by atoms with E-state index in [0.717, 1.165) is 39.1 Å². The standard InChI is InChI=1S/C14H23N5O2/c20-14(18-4-6-21-7-5-18)10-17-3-1-2-13(8-17)9-19-12-15-11-16-19/h11-13H,1-10H2/t13-/m0/s1. The number of rotatable bonds is 4. The number of piperidine rings is 1. The molecule has 2 aliphatic heterocycles. The number of carbonyl (C=O) groups is 1. The zero-order valence-electron chi connectivity index (χ0n) is 12.4. The van der Waals surface area contributed by atoms with Gasteiger partial charge in [0.2, 0.25) is 5.91 Å². The van der Waals surface area contributed by atoms with Crippen molar-refractivity contribution in [2.45, 2.75) is 19.4 Å². The van der Waals surface area contributed by atoms with Gasteiger partial charge in [0.1, 0.15) is 12.7 Å². The van der Waals surface area contributed by atoms with Crippen molar-refractivity contribution in [2.24, 2.45) is 5.92 Å². The summed E-state index contributed by atoms with van der Waals surface area (Å²) in [5.74, 6) is 0.789. The summed E-state index contributed by atoms with van der Waals surface area (Å²) in [5, 5.41) is 4.17. The highest BCUT2D eigenvalue weighted by atomic mass is 16.5. The number of carbonyl (C=O) groups excluding carboxylic acids is 1. The lowest BCUT2D eigenvalue weighted by atomic mass is 9.98. The lowest BCUT2D eigenvalue weighted by molar-refractivity contribution is -0.136. The molecule has 7 heteroatoms. The number of ether oxygens (including phenoxy) is 1. The first-order chi connectivity index (χ1) is 10.3. The van der Waals surface area contributed by atoms with Gasteiger partial charge in [-0.15, -0.1) is 0 Å². The number of likely N-dealkylation sites (tertiary alicyclic amines) is 1. The molecule has 1 aromatic heterocycles. The highest BCUT2D eigenvalue weighted by Gasteiger charge is 2.24. The Morgan fingerprint density at radius 2 is 2.14 bits per heavy atom. The maximum Gasteiger partial charge on any atom is 0.236 e. The highest BCUT2D eigenvalue weighted by Crippen LogP contribution is 2.18. The van der Waals surface area contributed by atoms with Crippen LogP contribution in [-0.2, 0) is 16.1 Å². The second kappa shape index (κ2) is 7.00. The maximum absolute atomic E-state index is 12.3. The molecule has 2 fully saturated rings. The summed E-state index contributed by atoms with van der Waals surface area (Å²) < 4.78 is 7.18. The van der Waals surface area contributed by atoms with Crippen LogP contribution in [0.4, 0.5) is 0 Å². The highest BCUT2D eigenvalue weighted by molar-refractivity contribution is 5.78. The van der Waals surface area contributed by atoms with Crippen molar-refractivity contribution in [3.8, 4) is 0 Å². The Kier molecular flexibility index (Phi) is 4.82. The molecule has 1 atom stereocenters. The number of nitrogens with zero attached hydrogens (tertiary/aromatic N) is 5. The fourth-order valence-electron chi connectivity index (χ4n) is 3.14. The van der Waals surface area contributed by atoms with E-state index in [9.17, 15) is 4.79 Å². The molecule has 7 nitrogen and oxygen atoms in total. The Labute approximate surface area is 124 Å². The number of hydrogen-bond acceptors (Lipinski definition) is 5. The fraction of sp³-hybridized carbons (Fsp3) is 0.786. The van der Waals surface area contributed by atoms with Crippen molar-refractivity contribution in [2.75, 3.05) is 45.9 Å². The minimum atomic E-state index is 0.236. The topological polar surface area (TPSA) is 63.5 Å². The average Bonchev–Trinajstić information content (AvgIpc) is 3.01. The van der Waals surface area contributed by atoms with Crippen LogP contribution in [0.1, 0.15) is 12.8 Å². The van der Waals surface area contributed by atoms with Gasteiger partial charge in [-0.05, 0) is 25.3 Å². The van der Waals surface area contributed by atoms with Crippen molar-refractivity contribution < 1.29 is 9.53 Å². The van der Waals surface area contributed by atoms with Gasteiger partial charge in [0.05, 0.1) is 19.8 Å². The van der Waals surface area contributed by atoms with Crippen molar-refractivity contribution >= 4 is 5.91 Å². The molecule has 3 rings (SSSR count). The van der Waals surface area contributed by atoms with E-state index in [0.29, 0.717) is 25.7 Å². The summed E-state index contributed by atoms with van der Waals surface area (Å²) in [4.78, 5) is 20.5. The van der Waals surface area contributed by atoms with Crippen LogP contribution in [0.2, 0.25) is 0 Å². The molecule has 3 heterocycles. The fourth-order valence-corrected chi connectivity index (χ4v) is 3.14. The van der Waals surface area contributed by atoms with Crippen LogP contribution in [0.5, 0.6) is 0 Å². The Balaban J connectivity index is 1.47. The maximum atomic E-state index is 12.3. The molecule has 1 aromatic rings. The molecular formula is C14H23N5O2. The monoisotopic (exact) mass is 293 g/mol. The van der Waals surface area contributed by atoms with Gasteiger partial charge in [0, 0.05) is 26.2 Å². The van der Waals surface area contributed by atoms with E-state index < -0.39 is 0 Å². The van der Waals surface area contributed by atoms with Crippen molar-refractivity contribution in [3.05, 3.63) is 12.7 Å². The minimum absolute atomic E-state index is 0.236. The summed E-state index contributed by atoms with van der Waals surface area (Å²) in [6.07, 6.45) is 5.68. The molecule has 1 amide bonds. The van der Waals surface area contributed by atoms with Crippen LogP contribution in [0.25, 0.3) is 0 Å². The average molecular weight is 293 g/mol. The first kappa shape index (κ1) is 14.5. The van der Waals surface area contributed by atoms with E-state index in [1.54, 1.807) is 12.7 Å². The number of amides is 1. The van der Waals surface area contributed by atoms with Gasteiger partial charge in [-0.25, -0.2) is 4.98 Å². The Bertz CT molecular complexity index is 444. The molecule has 2 saturated heterocycles. The Hall–Kier alpha value is -1.47. The molecular weight excluding hydrogens is 270 g/mol. The second-order valence-corrected chi connectivity index (χ2v) is 5.85. The van der Waals surface area contributed by atoms with Crippen molar-refractivity contribution in [3.63, 3.8) is 0 Å². The number of aromatic nitrogens is 3. The van der Waals surface area contributed by atoms with E-state index in [1.165, 1.54) is 6.42 Å². The molecule has 0 bridgehead atoms. The lowest BCUT2D eigenvalue weighted by Crippen LogP contribution is -2.48. The molecule has 0 aromatic carbocycles. The zero-order valence-corrected chi connectivity index (χ0v) is 12.4. The van der Waals surface area contributed by atoms with Crippen LogP contribution >= 0.6 is 0 Å². The van der Waals surface area contributed by atoms with Gasteiger partial charge in [-0.1, -0.05) is 0 Å². The smallest absolute Gasteiger partial charge is 0.236 e. The van der Waals surface area contributed by atoms with Crippen molar-refractivity contribution in [1.29, 1.82) is 0 Å². The van der Waals surface area contributed by atoms with E-state index >= 15 is 0 Å². The van der Waals surface area contributed by atoms with Gasteiger partial charge in [-0.2, -0.15) is 5.10 Å². The first-order valence-electron chi connectivity index (χ1n) is 7.71. The van der Waals surface area contributed by atoms with E-state index in [1.807, 2.05) is 9.58 Å². The molecule has 116 valence electrons. The molecule has 2 aliphatic rings. The predicted molar refractivity (Wildman–Crippen MR) is 76.6 cm³/mol. The minimum Gasteiger partial charge on any atom is -0.378 e. The molecule has 0 aliphatic carbocycles. The normalized spacial score (nSPS) is 24.2. The number of hydrogen-bond donors (Lipinski definition) is 0. The lowest BCUT2D eigenvalue weighted by Gasteiger charge is -2.34. The van der Waals surface area contributed by atoms with Crippen LogP contribution in [-0.4, -0.2) is 76.4 Å². The van der Waals surface area contributed by atoms with Crippen LogP contribution < -0.4 is 0 Å². The van der Waals surface area contributed by atoms with Gasteiger partial charge in [0.15, 0.2) is 0 Å². The third kappa shape index (κ3) is 4.01. The van der Waals surface area contributed by atoms with E-state index in [2.05, 4.69) is 15.0 Å². The van der Waals surface area contributed by atoms with Crippen molar-refractivity contribution in [1.82, 2.24) is 24.6 Å². The molecule has 0 radical (unpaired) electrons. The summed E-state index contributed by atoms with van der Waals surface area (Å²) in [5.41, 5.74) is 0. The molecule has 21 heavy (non-hydrogen) atoms. The summed E-state index contributed by atoms with van der Waals surface area (Å²) >= 11 is 0. The van der Waals surface area contributed by atoms with Gasteiger partial charge in [-0.3, -0.25) is 14.4 Å². The van der Waals surface area contributed by atoms with Gasteiger partial charge >= 0.3 is 0 Å². The summed E-state index contributed by atoms with van der Waals surface area (Å²) in [6, 6.07) is 0. The summed E-state index contributed by atoms with van der Waals surface area (Å²) in [7, 11) is 0. The zero-order chi connectivity index (χ0) is 14.5. The van der Waals surface area contributed by atoms with Crippen LogP contribution in [0.15, 0.2) is 12.7 Å². The molecule has 0 unspecified atom stereocenters. The third-order valence-electron chi connectivity index (χ3n) is 4.24. The van der Waals surface area contributed by atoms with E-state index in [4.69, 9.17) is 4.74 Å². The number of morpholine rings is 1. The Morgan fingerprint density at radius 1 is 1.29 bits per heavy atom. The second-order valence-electron chi connectivity index (χ2n) is 5.85. The third-order valence-corrected chi connectivity index (χ3v) is 4.24. The quantitative estimate of drug-likeness (QED) is 0.772. The van der Waals surface area contributed by atoms with Crippen LogP contribution in [0, 0.1) is 5.92 Å². The summed E-state index contributed by atoms with van der Waals surface area (Å²) in [6.45, 7) is 6.21.